The lowest BCUT2D eigenvalue weighted by Crippen LogP contribution is -2.62. The number of nitrogens with zero attached hydrogens (tertiary/aromatic N) is 2. The molecule has 8 heteroatoms. The summed E-state index contributed by atoms with van der Waals surface area (Å²) < 4.78 is 37.8. The number of fused-ring (bicyclic) bond motifs is 1. The van der Waals surface area contributed by atoms with E-state index in [1.165, 1.54) is 17.0 Å². The van der Waals surface area contributed by atoms with E-state index in [0.717, 1.165) is 12.1 Å². The maximum absolute atomic E-state index is 12.6. The van der Waals surface area contributed by atoms with Crippen molar-refractivity contribution in [2.24, 2.45) is 11.8 Å². The molecule has 0 radical (unpaired) electrons. The molecule has 2 heterocycles. The van der Waals surface area contributed by atoms with Gasteiger partial charge in [0.2, 0.25) is 17.7 Å². The summed E-state index contributed by atoms with van der Waals surface area (Å²) in [6.07, 6.45) is 1.20. The minimum Gasteiger partial charge on any atom is -0.338 e. The van der Waals surface area contributed by atoms with Gasteiger partial charge in [-0.1, -0.05) is 24.3 Å². The minimum absolute atomic E-state index is 0.126. The van der Waals surface area contributed by atoms with Crippen LogP contribution in [0.1, 0.15) is 30.4 Å². The Bertz CT molecular complexity index is 831. The van der Waals surface area contributed by atoms with E-state index in [2.05, 4.69) is 0 Å². The quantitative estimate of drug-likeness (QED) is 0.571. The number of allylic oxidation sites excluding steroid dienone is 2. The first-order valence-corrected chi connectivity index (χ1v) is 9.71. The lowest BCUT2D eigenvalue weighted by atomic mass is 9.85. The highest BCUT2D eigenvalue weighted by Crippen LogP contribution is 2.37. The number of benzene rings is 1. The Labute approximate surface area is 166 Å². The third kappa shape index (κ3) is 3.68. The van der Waals surface area contributed by atoms with Gasteiger partial charge in [0.1, 0.15) is 0 Å². The zero-order chi connectivity index (χ0) is 20.8. The molecule has 29 heavy (non-hydrogen) atoms. The summed E-state index contributed by atoms with van der Waals surface area (Å²) in [7, 11) is 0. The van der Waals surface area contributed by atoms with Crippen LogP contribution in [0, 0.1) is 11.8 Å². The fourth-order valence-electron chi connectivity index (χ4n) is 4.28. The molecule has 154 valence electrons. The fourth-order valence-corrected chi connectivity index (χ4v) is 4.28. The smallest absolute Gasteiger partial charge is 0.338 e. The number of halogens is 3. The molecule has 4 rings (SSSR count). The van der Waals surface area contributed by atoms with E-state index in [0.29, 0.717) is 37.9 Å². The first-order chi connectivity index (χ1) is 13.8. The molecular formula is C21H21F3N2O3. The van der Waals surface area contributed by atoms with Crippen molar-refractivity contribution in [3.05, 3.63) is 47.5 Å². The zero-order valence-corrected chi connectivity index (χ0v) is 15.7. The fraction of sp³-hybridized carbons (Fsp3) is 0.476. The second-order valence-corrected chi connectivity index (χ2v) is 7.85. The number of carbonyl (C=O) groups excluding carboxylic acids is 3. The second kappa shape index (κ2) is 7.31. The number of amides is 3. The highest BCUT2D eigenvalue weighted by molar-refractivity contribution is 6.06. The van der Waals surface area contributed by atoms with E-state index in [1.807, 2.05) is 12.2 Å². The molecule has 2 atom stereocenters. The van der Waals surface area contributed by atoms with Gasteiger partial charge in [0.15, 0.2) is 0 Å². The Morgan fingerprint density at radius 3 is 2.03 bits per heavy atom. The van der Waals surface area contributed by atoms with Gasteiger partial charge in [0.25, 0.3) is 0 Å². The third-order valence-corrected chi connectivity index (χ3v) is 6.03. The number of hydrogen-bond donors (Lipinski definition) is 0. The third-order valence-electron chi connectivity index (χ3n) is 6.03. The molecule has 2 fully saturated rings. The summed E-state index contributed by atoms with van der Waals surface area (Å²) in [6, 6.07) is 4.52. The van der Waals surface area contributed by atoms with Crippen molar-refractivity contribution in [3.8, 4) is 0 Å². The normalized spacial score (nSPS) is 24.7. The summed E-state index contributed by atoms with van der Waals surface area (Å²) in [4.78, 5) is 40.4. The van der Waals surface area contributed by atoms with E-state index in [4.69, 9.17) is 0 Å². The summed E-state index contributed by atoms with van der Waals surface area (Å²) in [5, 5.41) is 0. The molecule has 1 aliphatic carbocycles. The zero-order valence-electron chi connectivity index (χ0n) is 15.7. The molecule has 3 aliphatic rings. The molecule has 3 amide bonds. The number of aryl methyl sites for hydroxylation is 1. The highest BCUT2D eigenvalue weighted by Gasteiger charge is 2.52. The van der Waals surface area contributed by atoms with Crippen LogP contribution in [0.3, 0.4) is 0 Å². The van der Waals surface area contributed by atoms with Crippen LogP contribution in [0.4, 0.5) is 13.2 Å². The van der Waals surface area contributed by atoms with Gasteiger partial charge in [0, 0.05) is 19.5 Å². The van der Waals surface area contributed by atoms with Crippen LogP contribution in [-0.2, 0) is 27.0 Å². The molecule has 2 unspecified atom stereocenters. The highest BCUT2D eigenvalue weighted by atomic mass is 19.4. The van der Waals surface area contributed by atoms with Crippen molar-refractivity contribution in [2.75, 3.05) is 13.1 Å². The molecule has 1 aromatic rings. The van der Waals surface area contributed by atoms with E-state index >= 15 is 0 Å². The van der Waals surface area contributed by atoms with Crippen LogP contribution >= 0.6 is 0 Å². The van der Waals surface area contributed by atoms with E-state index in [-0.39, 0.29) is 42.0 Å². The Morgan fingerprint density at radius 2 is 1.52 bits per heavy atom. The molecule has 0 saturated carbocycles. The summed E-state index contributed by atoms with van der Waals surface area (Å²) in [5.41, 5.74) is -0.0567. The van der Waals surface area contributed by atoms with Crippen LogP contribution in [-0.4, -0.2) is 46.7 Å². The Kier molecular flexibility index (Phi) is 4.96. The van der Waals surface area contributed by atoms with Crippen molar-refractivity contribution in [1.82, 2.24) is 9.80 Å². The predicted molar refractivity (Wildman–Crippen MR) is 97.3 cm³/mol. The monoisotopic (exact) mass is 406 g/mol. The minimum atomic E-state index is -4.38. The summed E-state index contributed by atoms with van der Waals surface area (Å²) in [5.74, 6) is -0.925. The van der Waals surface area contributed by atoms with Crippen LogP contribution in [0.15, 0.2) is 36.4 Å². The number of rotatable bonds is 4. The Morgan fingerprint density at radius 1 is 0.966 bits per heavy atom. The molecule has 1 aromatic carbocycles. The second-order valence-electron chi connectivity index (χ2n) is 7.85. The van der Waals surface area contributed by atoms with Gasteiger partial charge in [-0.15, -0.1) is 0 Å². The van der Waals surface area contributed by atoms with Crippen molar-refractivity contribution in [1.29, 1.82) is 0 Å². The SMILES string of the molecule is O=C(CCc1ccc(C(F)(F)F)cc1)N1CC(N2C(=O)C3CC=CCC3C2=O)C1. The van der Waals surface area contributed by atoms with Crippen molar-refractivity contribution in [2.45, 2.75) is 37.9 Å². The van der Waals surface area contributed by atoms with Gasteiger partial charge in [-0.2, -0.15) is 13.2 Å². The largest absolute Gasteiger partial charge is 0.416 e. The van der Waals surface area contributed by atoms with Crippen LogP contribution in [0.2, 0.25) is 0 Å². The number of imide groups is 1. The molecule has 5 nitrogen and oxygen atoms in total. The van der Waals surface area contributed by atoms with Gasteiger partial charge < -0.3 is 4.90 Å². The predicted octanol–water partition coefficient (Wildman–Crippen LogP) is 2.80. The molecule has 2 aliphatic heterocycles. The molecule has 0 N–H and O–H groups in total. The lowest BCUT2D eigenvalue weighted by molar-refractivity contribution is -0.152. The van der Waals surface area contributed by atoms with Crippen molar-refractivity contribution in [3.63, 3.8) is 0 Å². The van der Waals surface area contributed by atoms with Gasteiger partial charge in [-0.25, -0.2) is 0 Å². The van der Waals surface area contributed by atoms with Crippen LogP contribution in [0.5, 0.6) is 0 Å². The number of alkyl halides is 3. The van der Waals surface area contributed by atoms with Gasteiger partial charge in [0.05, 0.1) is 23.4 Å². The van der Waals surface area contributed by atoms with Gasteiger partial charge in [-0.3, -0.25) is 19.3 Å². The summed E-state index contributed by atoms with van der Waals surface area (Å²) >= 11 is 0. The van der Waals surface area contributed by atoms with E-state index in [9.17, 15) is 27.6 Å². The van der Waals surface area contributed by atoms with Gasteiger partial charge in [-0.05, 0) is 37.0 Å². The first kappa shape index (κ1) is 19.7. The van der Waals surface area contributed by atoms with E-state index < -0.39 is 11.7 Å². The Hall–Kier alpha value is -2.64. The first-order valence-electron chi connectivity index (χ1n) is 9.71. The van der Waals surface area contributed by atoms with E-state index in [1.54, 1.807) is 4.90 Å². The molecule has 2 saturated heterocycles. The molecule has 0 spiro atoms. The average molecular weight is 406 g/mol. The van der Waals surface area contributed by atoms with Crippen LogP contribution < -0.4 is 0 Å². The van der Waals surface area contributed by atoms with Crippen LogP contribution in [0.25, 0.3) is 0 Å². The standard InChI is InChI=1S/C21H21F3N2O3/c22-21(23,24)14-8-5-13(6-9-14)7-10-18(27)25-11-15(12-25)26-19(28)16-3-1-2-4-17(16)20(26)29/h1-2,5-6,8-9,15-17H,3-4,7,10-12H2. The lowest BCUT2D eigenvalue weighted by Gasteiger charge is -2.43. The topological polar surface area (TPSA) is 57.7 Å². The van der Waals surface area contributed by atoms with Gasteiger partial charge >= 0.3 is 6.18 Å². The molecule has 0 aromatic heterocycles. The molecule has 0 bridgehead atoms. The Balaban J connectivity index is 1.27. The summed E-state index contributed by atoms with van der Waals surface area (Å²) in [6.45, 7) is 0.659. The maximum Gasteiger partial charge on any atom is 0.416 e. The average Bonchev–Trinajstić information content (AvgIpc) is 2.90. The molecular weight excluding hydrogens is 385 g/mol. The maximum atomic E-state index is 12.6. The number of likely N-dealkylation sites (tertiary alicyclic amines) is 2. The number of hydrogen-bond acceptors (Lipinski definition) is 3. The number of carbonyl (C=O) groups is 3. The van der Waals surface area contributed by atoms with Crippen molar-refractivity contribution >= 4 is 17.7 Å². The van der Waals surface area contributed by atoms with Crippen molar-refractivity contribution < 1.29 is 27.6 Å².